The summed E-state index contributed by atoms with van der Waals surface area (Å²) in [6.07, 6.45) is 2.27. The van der Waals surface area contributed by atoms with Crippen LogP contribution in [0.3, 0.4) is 0 Å². The number of hydrogen-bond acceptors (Lipinski definition) is 2. The van der Waals surface area contributed by atoms with Crippen molar-refractivity contribution in [2.75, 3.05) is 12.4 Å². The molecule has 0 aliphatic rings. The topological polar surface area (TPSA) is 33.3 Å². The zero-order chi connectivity index (χ0) is 12.7. The molecule has 0 spiro atoms. The van der Waals surface area contributed by atoms with Crippen LogP contribution in [0.2, 0.25) is 0 Å². The molecular weight excluding hydrogens is 232 g/mol. The average Bonchev–Trinajstić information content (AvgIpc) is 2.30. The van der Waals surface area contributed by atoms with E-state index in [1.165, 1.54) is 0 Å². The van der Waals surface area contributed by atoms with Gasteiger partial charge < -0.3 is 15.4 Å². The van der Waals surface area contributed by atoms with Crippen molar-refractivity contribution in [3.8, 4) is 5.75 Å². The van der Waals surface area contributed by atoms with E-state index in [9.17, 15) is 0 Å². The highest BCUT2D eigenvalue weighted by Crippen LogP contribution is 2.14. The van der Waals surface area contributed by atoms with Gasteiger partial charge in [-0.1, -0.05) is 13.3 Å². The van der Waals surface area contributed by atoms with E-state index in [1.54, 1.807) is 7.11 Å². The molecule has 0 fully saturated rings. The Hall–Kier alpha value is -1.29. The highest BCUT2D eigenvalue weighted by molar-refractivity contribution is 7.80. The second kappa shape index (κ2) is 7.12. The predicted molar refractivity (Wildman–Crippen MR) is 76.7 cm³/mol. The maximum absolute atomic E-state index is 5.23. The van der Waals surface area contributed by atoms with Crippen molar-refractivity contribution in [2.24, 2.45) is 0 Å². The van der Waals surface area contributed by atoms with E-state index in [-0.39, 0.29) is 0 Å². The predicted octanol–water partition coefficient (Wildman–Crippen LogP) is 3.17. The van der Waals surface area contributed by atoms with Crippen LogP contribution in [0.4, 0.5) is 5.69 Å². The average molecular weight is 252 g/mol. The van der Waals surface area contributed by atoms with Crippen LogP contribution in [0.15, 0.2) is 24.3 Å². The van der Waals surface area contributed by atoms with Gasteiger partial charge in [0, 0.05) is 11.7 Å². The first-order chi connectivity index (χ1) is 8.15. The maximum atomic E-state index is 5.23. The number of methoxy groups -OCH3 is 1. The number of thiocarbonyl (C=S) groups is 1. The third-order valence-corrected chi connectivity index (χ3v) is 2.67. The molecule has 0 bridgehead atoms. The number of nitrogens with one attached hydrogen (secondary N) is 2. The normalized spacial score (nSPS) is 11.7. The van der Waals surface area contributed by atoms with Gasteiger partial charge in [0.1, 0.15) is 5.75 Å². The van der Waals surface area contributed by atoms with Gasteiger partial charge in [0.25, 0.3) is 0 Å². The minimum Gasteiger partial charge on any atom is -0.497 e. The van der Waals surface area contributed by atoms with Crippen LogP contribution in [0.1, 0.15) is 26.7 Å². The maximum Gasteiger partial charge on any atom is 0.170 e. The van der Waals surface area contributed by atoms with Crippen LogP contribution in [0.25, 0.3) is 0 Å². The second-order valence-corrected chi connectivity index (χ2v) is 4.42. The summed E-state index contributed by atoms with van der Waals surface area (Å²) < 4.78 is 5.09. The van der Waals surface area contributed by atoms with Crippen LogP contribution < -0.4 is 15.4 Å². The van der Waals surface area contributed by atoms with Crippen molar-refractivity contribution in [1.82, 2.24) is 5.32 Å². The highest BCUT2D eigenvalue weighted by atomic mass is 32.1. The smallest absolute Gasteiger partial charge is 0.170 e. The summed E-state index contributed by atoms with van der Waals surface area (Å²) in [6.45, 7) is 4.30. The van der Waals surface area contributed by atoms with Crippen molar-refractivity contribution in [1.29, 1.82) is 0 Å². The van der Waals surface area contributed by atoms with E-state index in [4.69, 9.17) is 17.0 Å². The lowest BCUT2D eigenvalue weighted by molar-refractivity contribution is 0.415. The van der Waals surface area contributed by atoms with E-state index >= 15 is 0 Å². The molecule has 0 aliphatic carbocycles. The lowest BCUT2D eigenvalue weighted by atomic mass is 10.2. The SMILES string of the molecule is CCC[C@@H](C)NC(=S)Nc1ccc(OC)cc1. The van der Waals surface area contributed by atoms with E-state index in [0.29, 0.717) is 11.2 Å². The van der Waals surface area contributed by atoms with Gasteiger partial charge in [-0.05, 0) is 49.8 Å². The Labute approximate surface area is 109 Å². The van der Waals surface area contributed by atoms with E-state index < -0.39 is 0 Å². The number of ether oxygens (including phenoxy) is 1. The molecule has 0 radical (unpaired) electrons. The molecule has 17 heavy (non-hydrogen) atoms. The van der Waals surface area contributed by atoms with Crippen LogP contribution in [-0.2, 0) is 0 Å². The molecule has 4 heteroatoms. The van der Waals surface area contributed by atoms with E-state index in [1.807, 2.05) is 24.3 Å². The van der Waals surface area contributed by atoms with Gasteiger partial charge in [-0.25, -0.2) is 0 Å². The fourth-order valence-electron chi connectivity index (χ4n) is 1.57. The van der Waals surface area contributed by atoms with Crippen molar-refractivity contribution in [3.05, 3.63) is 24.3 Å². The standard InChI is InChI=1S/C13H20N2OS/c1-4-5-10(2)14-13(17)15-11-6-8-12(16-3)9-7-11/h6-10H,4-5H2,1-3H3,(H2,14,15,17)/t10-/m1/s1. The summed E-state index contributed by atoms with van der Waals surface area (Å²) in [4.78, 5) is 0. The molecule has 1 rings (SSSR count). The molecule has 1 aromatic rings. The summed E-state index contributed by atoms with van der Waals surface area (Å²) in [5.41, 5.74) is 0.965. The van der Waals surface area contributed by atoms with Crippen LogP contribution in [0.5, 0.6) is 5.75 Å². The number of rotatable bonds is 5. The molecule has 0 heterocycles. The first kappa shape index (κ1) is 13.8. The molecule has 0 aliphatic heterocycles. The number of anilines is 1. The minimum absolute atomic E-state index is 0.401. The molecule has 3 nitrogen and oxygen atoms in total. The van der Waals surface area contributed by atoms with Crippen LogP contribution in [0, 0.1) is 0 Å². The van der Waals surface area contributed by atoms with E-state index in [2.05, 4.69) is 24.5 Å². The van der Waals surface area contributed by atoms with Crippen LogP contribution >= 0.6 is 12.2 Å². The van der Waals surface area contributed by atoms with Gasteiger partial charge in [-0.3, -0.25) is 0 Å². The van der Waals surface area contributed by atoms with Gasteiger partial charge in [0.15, 0.2) is 5.11 Å². The molecule has 1 atom stereocenters. The van der Waals surface area contributed by atoms with Gasteiger partial charge in [-0.2, -0.15) is 0 Å². The third kappa shape index (κ3) is 5.04. The van der Waals surface area contributed by atoms with Gasteiger partial charge in [0.2, 0.25) is 0 Å². The lowest BCUT2D eigenvalue weighted by Crippen LogP contribution is -2.35. The largest absolute Gasteiger partial charge is 0.497 e. The van der Waals surface area contributed by atoms with Crippen molar-refractivity contribution in [3.63, 3.8) is 0 Å². The lowest BCUT2D eigenvalue weighted by Gasteiger charge is -2.16. The Balaban J connectivity index is 2.44. The minimum atomic E-state index is 0.401. The Bertz CT molecular complexity index is 351. The summed E-state index contributed by atoms with van der Waals surface area (Å²) in [6, 6.07) is 8.09. The van der Waals surface area contributed by atoms with Gasteiger partial charge in [-0.15, -0.1) is 0 Å². The Morgan fingerprint density at radius 2 is 2.00 bits per heavy atom. The molecule has 0 amide bonds. The summed E-state index contributed by atoms with van der Waals surface area (Å²) in [5, 5.41) is 7.06. The Kier molecular flexibility index (Phi) is 5.77. The molecule has 0 saturated heterocycles. The molecule has 0 aromatic heterocycles. The molecule has 94 valence electrons. The molecule has 0 saturated carbocycles. The number of benzene rings is 1. The first-order valence-corrected chi connectivity index (χ1v) is 6.28. The van der Waals surface area contributed by atoms with Gasteiger partial charge in [0.05, 0.1) is 7.11 Å². The zero-order valence-corrected chi connectivity index (χ0v) is 11.4. The third-order valence-electron chi connectivity index (χ3n) is 2.45. The first-order valence-electron chi connectivity index (χ1n) is 5.87. The molecule has 0 unspecified atom stereocenters. The summed E-state index contributed by atoms with van der Waals surface area (Å²) in [7, 11) is 1.65. The fraction of sp³-hybridized carbons (Fsp3) is 0.462. The Morgan fingerprint density at radius 1 is 1.35 bits per heavy atom. The summed E-state index contributed by atoms with van der Waals surface area (Å²) >= 11 is 5.23. The van der Waals surface area contributed by atoms with Crippen molar-refractivity contribution >= 4 is 23.0 Å². The fourth-order valence-corrected chi connectivity index (χ4v) is 1.89. The monoisotopic (exact) mass is 252 g/mol. The summed E-state index contributed by atoms with van der Waals surface area (Å²) in [5.74, 6) is 0.841. The van der Waals surface area contributed by atoms with E-state index in [0.717, 1.165) is 24.3 Å². The number of hydrogen-bond donors (Lipinski definition) is 2. The Morgan fingerprint density at radius 3 is 2.53 bits per heavy atom. The van der Waals surface area contributed by atoms with Crippen LogP contribution in [-0.4, -0.2) is 18.3 Å². The molecule has 1 aromatic carbocycles. The highest BCUT2D eigenvalue weighted by Gasteiger charge is 2.03. The zero-order valence-electron chi connectivity index (χ0n) is 10.6. The van der Waals surface area contributed by atoms with Gasteiger partial charge >= 0.3 is 0 Å². The van der Waals surface area contributed by atoms with Crippen molar-refractivity contribution in [2.45, 2.75) is 32.7 Å². The second-order valence-electron chi connectivity index (χ2n) is 4.02. The molecule has 2 N–H and O–H groups in total. The van der Waals surface area contributed by atoms with Crippen molar-refractivity contribution < 1.29 is 4.74 Å². The molecular formula is C13H20N2OS. The quantitative estimate of drug-likeness (QED) is 0.789.